The molecule has 0 fully saturated rings. The van der Waals surface area contributed by atoms with Crippen molar-refractivity contribution in [3.63, 3.8) is 0 Å². The van der Waals surface area contributed by atoms with E-state index in [0.29, 0.717) is 12.0 Å². The fraction of sp³-hybridized carbons (Fsp3) is 0.333. The topological polar surface area (TPSA) is 20.2 Å². The number of hydrogen-bond donors (Lipinski definition) is 1. The Labute approximate surface area is 82.9 Å². The van der Waals surface area contributed by atoms with Crippen LogP contribution in [0.1, 0.15) is 24.8 Å². The van der Waals surface area contributed by atoms with Gasteiger partial charge in [0.2, 0.25) is 0 Å². The molecule has 1 aromatic carbocycles. The van der Waals surface area contributed by atoms with Crippen molar-refractivity contribution in [3.05, 3.63) is 47.8 Å². The minimum Gasteiger partial charge on any atom is -0.381 e. The third-order valence-electron chi connectivity index (χ3n) is 2.66. The normalized spacial score (nSPS) is 26.4. The van der Waals surface area contributed by atoms with Crippen LogP contribution in [0.25, 0.3) is 0 Å². The number of halogens is 1. The standard InChI is InChI=1S/C12H13FO/c13-11-7-3-2-6-10(11)12(14)8-4-1-5-9-12/h2-4,6-8,14H,1,5,9H2. The van der Waals surface area contributed by atoms with Gasteiger partial charge in [0.1, 0.15) is 11.4 Å². The SMILES string of the molecule is OC1(c2ccccc2F)C=CCCC1. The smallest absolute Gasteiger partial charge is 0.129 e. The maximum Gasteiger partial charge on any atom is 0.129 e. The van der Waals surface area contributed by atoms with Crippen molar-refractivity contribution in [2.75, 3.05) is 0 Å². The molecule has 2 heteroatoms. The highest BCUT2D eigenvalue weighted by molar-refractivity contribution is 5.29. The summed E-state index contributed by atoms with van der Waals surface area (Å²) in [6, 6.07) is 6.41. The minimum atomic E-state index is -1.09. The lowest BCUT2D eigenvalue weighted by molar-refractivity contribution is 0.0688. The molecule has 1 nitrogen and oxygen atoms in total. The van der Waals surface area contributed by atoms with Crippen molar-refractivity contribution < 1.29 is 9.50 Å². The molecule has 1 N–H and O–H groups in total. The van der Waals surface area contributed by atoms with Crippen molar-refractivity contribution >= 4 is 0 Å². The van der Waals surface area contributed by atoms with E-state index in [4.69, 9.17) is 0 Å². The first-order valence-corrected chi connectivity index (χ1v) is 4.87. The van der Waals surface area contributed by atoms with E-state index >= 15 is 0 Å². The van der Waals surface area contributed by atoms with E-state index in [0.717, 1.165) is 12.8 Å². The largest absolute Gasteiger partial charge is 0.381 e. The van der Waals surface area contributed by atoms with E-state index in [9.17, 15) is 9.50 Å². The Morgan fingerprint density at radius 3 is 2.71 bits per heavy atom. The lowest BCUT2D eigenvalue weighted by Gasteiger charge is -2.28. The van der Waals surface area contributed by atoms with E-state index in [2.05, 4.69) is 0 Å². The second-order valence-corrected chi connectivity index (χ2v) is 3.70. The molecule has 0 heterocycles. The molecule has 74 valence electrons. The third kappa shape index (κ3) is 1.58. The van der Waals surface area contributed by atoms with E-state index in [-0.39, 0.29) is 5.82 Å². The van der Waals surface area contributed by atoms with Gasteiger partial charge in [-0.2, -0.15) is 0 Å². The van der Waals surface area contributed by atoms with E-state index in [1.54, 1.807) is 24.3 Å². The molecular weight excluding hydrogens is 179 g/mol. The van der Waals surface area contributed by atoms with Gasteiger partial charge in [-0.25, -0.2) is 4.39 Å². The minimum absolute atomic E-state index is 0.332. The van der Waals surface area contributed by atoms with Gasteiger partial charge in [-0.15, -0.1) is 0 Å². The molecule has 1 unspecified atom stereocenters. The van der Waals surface area contributed by atoms with Crippen LogP contribution in [-0.2, 0) is 5.60 Å². The summed E-state index contributed by atoms with van der Waals surface area (Å²) in [6.07, 6.45) is 6.09. The number of allylic oxidation sites excluding steroid dienone is 1. The zero-order valence-electron chi connectivity index (χ0n) is 7.91. The van der Waals surface area contributed by atoms with Gasteiger partial charge in [0, 0.05) is 5.56 Å². The van der Waals surface area contributed by atoms with Crippen LogP contribution in [0.15, 0.2) is 36.4 Å². The number of rotatable bonds is 1. The first-order valence-electron chi connectivity index (χ1n) is 4.87. The van der Waals surface area contributed by atoms with Crippen LogP contribution < -0.4 is 0 Å². The van der Waals surface area contributed by atoms with E-state index < -0.39 is 5.60 Å². The zero-order chi connectivity index (χ0) is 10.0. The van der Waals surface area contributed by atoms with E-state index in [1.807, 2.05) is 6.08 Å². The summed E-state index contributed by atoms with van der Waals surface area (Å²) in [5.74, 6) is -0.332. The van der Waals surface area contributed by atoms with E-state index in [1.165, 1.54) is 6.07 Å². The van der Waals surface area contributed by atoms with Crippen molar-refractivity contribution in [2.45, 2.75) is 24.9 Å². The zero-order valence-corrected chi connectivity index (χ0v) is 7.91. The van der Waals surface area contributed by atoms with Gasteiger partial charge in [0.25, 0.3) is 0 Å². The molecule has 14 heavy (non-hydrogen) atoms. The Balaban J connectivity index is 2.43. The van der Waals surface area contributed by atoms with Crippen LogP contribution in [0.5, 0.6) is 0 Å². The summed E-state index contributed by atoms with van der Waals surface area (Å²) in [7, 11) is 0. The molecule has 0 amide bonds. The number of hydrogen-bond acceptors (Lipinski definition) is 1. The Kier molecular flexibility index (Phi) is 2.38. The van der Waals surface area contributed by atoms with Gasteiger partial charge < -0.3 is 5.11 Å². The summed E-state index contributed by atoms with van der Waals surface area (Å²) in [5.41, 5.74) is -0.709. The van der Waals surface area contributed by atoms with Crippen LogP contribution in [0, 0.1) is 5.82 Å². The summed E-state index contributed by atoms with van der Waals surface area (Å²) in [4.78, 5) is 0. The third-order valence-corrected chi connectivity index (χ3v) is 2.66. The lowest BCUT2D eigenvalue weighted by Crippen LogP contribution is -2.26. The maximum atomic E-state index is 13.4. The van der Waals surface area contributed by atoms with Crippen molar-refractivity contribution in [2.24, 2.45) is 0 Å². The fourth-order valence-electron chi connectivity index (χ4n) is 1.89. The molecule has 0 radical (unpaired) electrons. The van der Waals surface area contributed by atoms with Gasteiger partial charge in [-0.05, 0) is 25.3 Å². The fourth-order valence-corrected chi connectivity index (χ4v) is 1.89. The highest BCUT2D eigenvalue weighted by Crippen LogP contribution is 2.33. The molecule has 0 bridgehead atoms. The van der Waals surface area contributed by atoms with Gasteiger partial charge in [-0.3, -0.25) is 0 Å². The monoisotopic (exact) mass is 192 g/mol. The Bertz CT molecular complexity index is 359. The average Bonchev–Trinajstić information content (AvgIpc) is 2.19. The van der Waals surface area contributed by atoms with Crippen LogP contribution in [0.2, 0.25) is 0 Å². The van der Waals surface area contributed by atoms with Crippen molar-refractivity contribution in [1.29, 1.82) is 0 Å². The maximum absolute atomic E-state index is 13.4. The molecule has 0 aliphatic heterocycles. The van der Waals surface area contributed by atoms with Crippen LogP contribution >= 0.6 is 0 Å². The van der Waals surface area contributed by atoms with Crippen molar-refractivity contribution in [1.82, 2.24) is 0 Å². The molecule has 1 aliphatic rings. The molecular formula is C12H13FO. The van der Waals surface area contributed by atoms with Crippen LogP contribution in [0.3, 0.4) is 0 Å². The van der Waals surface area contributed by atoms with Gasteiger partial charge in [-0.1, -0.05) is 30.4 Å². The number of aliphatic hydroxyl groups is 1. The predicted molar refractivity (Wildman–Crippen MR) is 53.3 cm³/mol. The molecule has 1 aliphatic carbocycles. The summed E-state index contributed by atoms with van der Waals surface area (Å²) >= 11 is 0. The molecule has 1 atom stereocenters. The highest BCUT2D eigenvalue weighted by atomic mass is 19.1. The highest BCUT2D eigenvalue weighted by Gasteiger charge is 2.29. The lowest BCUT2D eigenvalue weighted by atomic mass is 9.84. The summed E-state index contributed by atoms with van der Waals surface area (Å²) in [5, 5.41) is 10.2. The first kappa shape index (κ1) is 9.41. The van der Waals surface area contributed by atoms with Gasteiger partial charge in [0.15, 0.2) is 0 Å². The molecule has 1 aromatic rings. The average molecular weight is 192 g/mol. The predicted octanol–water partition coefficient (Wildman–Crippen LogP) is 2.75. The Morgan fingerprint density at radius 2 is 2.07 bits per heavy atom. The molecule has 0 saturated heterocycles. The van der Waals surface area contributed by atoms with Gasteiger partial charge in [0.05, 0.1) is 0 Å². The second kappa shape index (κ2) is 3.54. The molecule has 0 spiro atoms. The first-order chi connectivity index (χ1) is 6.72. The molecule has 0 aromatic heterocycles. The van der Waals surface area contributed by atoms with Crippen LogP contribution in [-0.4, -0.2) is 5.11 Å². The second-order valence-electron chi connectivity index (χ2n) is 3.70. The Morgan fingerprint density at radius 1 is 1.29 bits per heavy atom. The van der Waals surface area contributed by atoms with Gasteiger partial charge >= 0.3 is 0 Å². The molecule has 2 rings (SSSR count). The Hall–Kier alpha value is -1.15. The molecule has 0 saturated carbocycles. The van der Waals surface area contributed by atoms with Crippen molar-refractivity contribution in [3.8, 4) is 0 Å². The number of benzene rings is 1. The quantitative estimate of drug-likeness (QED) is 0.678. The summed E-state index contributed by atoms with van der Waals surface area (Å²) < 4.78 is 13.4. The van der Waals surface area contributed by atoms with Crippen LogP contribution in [0.4, 0.5) is 4.39 Å². The summed E-state index contributed by atoms with van der Waals surface area (Å²) in [6.45, 7) is 0.